The zero-order valence-electron chi connectivity index (χ0n) is 23.0. The molecule has 2 N–H and O–H groups in total. The van der Waals surface area contributed by atoms with Crippen molar-refractivity contribution in [3.8, 4) is 5.75 Å². The Morgan fingerprint density at radius 3 is 2.21 bits per heavy atom. The summed E-state index contributed by atoms with van der Waals surface area (Å²) in [6.07, 6.45) is 0. The first-order valence-corrected chi connectivity index (χ1v) is 15.3. The van der Waals surface area contributed by atoms with Gasteiger partial charge in [0.2, 0.25) is 5.91 Å². The van der Waals surface area contributed by atoms with Crippen molar-refractivity contribution in [2.24, 2.45) is 0 Å². The standard InChI is InChI=1S/C31H28Cl2FN3O5S/c1-21(31(39)35-18-23-4-2-3-5-29(23)33)37(19-22-6-8-24(32)9-7-22)30(38)20-42-27-14-16-28(17-15-27)43(40,41)36-26-12-10-25(34)11-13-26/h2-17,21,36H,18-20H2,1H3,(H,35,39)/t21-/m1/s1. The Balaban J connectivity index is 1.42. The Labute approximate surface area is 259 Å². The number of hydrogen-bond donors (Lipinski definition) is 2. The lowest BCUT2D eigenvalue weighted by Crippen LogP contribution is -2.48. The molecule has 1 atom stereocenters. The number of carbonyl (C=O) groups is 2. The summed E-state index contributed by atoms with van der Waals surface area (Å²) in [5.41, 5.74) is 1.70. The van der Waals surface area contributed by atoms with Crippen molar-refractivity contribution in [2.45, 2.75) is 31.0 Å². The third-order valence-electron chi connectivity index (χ3n) is 6.44. The zero-order chi connectivity index (χ0) is 31.0. The molecule has 0 aliphatic rings. The van der Waals surface area contributed by atoms with Crippen molar-refractivity contribution in [1.82, 2.24) is 10.2 Å². The fourth-order valence-electron chi connectivity index (χ4n) is 4.02. The molecule has 0 saturated carbocycles. The number of benzene rings is 4. The lowest BCUT2D eigenvalue weighted by atomic mass is 10.1. The summed E-state index contributed by atoms with van der Waals surface area (Å²) < 4.78 is 46.5. The lowest BCUT2D eigenvalue weighted by molar-refractivity contribution is -0.142. The quantitative estimate of drug-likeness (QED) is 0.196. The van der Waals surface area contributed by atoms with E-state index in [0.717, 1.165) is 23.3 Å². The van der Waals surface area contributed by atoms with E-state index in [1.165, 1.54) is 41.3 Å². The molecule has 0 heterocycles. The summed E-state index contributed by atoms with van der Waals surface area (Å²) in [6.45, 7) is 1.51. The van der Waals surface area contributed by atoms with Crippen molar-refractivity contribution in [2.75, 3.05) is 11.3 Å². The fraction of sp³-hybridized carbons (Fsp3) is 0.161. The van der Waals surface area contributed by atoms with Gasteiger partial charge in [-0.15, -0.1) is 0 Å². The highest BCUT2D eigenvalue weighted by Gasteiger charge is 2.27. The van der Waals surface area contributed by atoms with Crippen molar-refractivity contribution >= 4 is 50.7 Å². The van der Waals surface area contributed by atoms with E-state index in [0.29, 0.717) is 10.0 Å². The second-order valence-electron chi connectivity index (χ2n) is 9.51. The molecule has 0 aliphatic carbocycles. The Kier molecular flexibility index (Phi) is 10.6. The van der Waals surface area contributed by atoms with Crippen LogP contribution in [-0.2, 0) is 32.7 Å². The largest absolute Gasteiger partial charge is 0.484 e. The minimum atomic E-state index is -3.94. The Morgan fingerprint density at radius 2 is 1.56 bits per heavy atom. The first-order valence-electron chi connectivity index (χ1n) is 13.1. The van der Waals surface area contributed by atoms with Crippen LogP contribution in [-0.4, -0.2) is 37.8 Å². The minimum absolute atomic E-state index is 0.0521. The van der Waals surface area contributed by atoms with Crippen LogP contribution in [0.25, 0.3) is 0 Å². The van der Waals surface area contributed by atoms with E-state index in [1.54, 1.807) is 49.4 Å². The van der Waals surface area contributed by atoms with Gasteiger partial charge in [0.05, 0.1) is 4.90 Å². The summed E-state index contributed by atoms with van der Waals surface area (Å²) in [7, 11) is -3.94. The molecule has 0 spiro atoms. The van der Waals surface area contributed by atoms with Gasteiger partial charge in [0.15, 0.2) is 6.61 Å². The molecule has 0 unspecified atom stereocenters. The Bertz CT molecular complexity index is 1670. The van der Waals surface area contributed by atoms with E-state index in [-0.39, 0.29) is 35.3 Å². The highest BCUT2D eigenvalue weighted by Crippen LogP contribution is 2.21. The molecule has 0 aliphatic heterocycles. The summed E-state index contributed by atoms with van der Waals surface area (Å²) >= 11 is 12.2. The number of sulfonamides is 1. The smallest absolute Gasteiger partial charge is 0.261 e. The number of nitrogens with zero attached hydrogens (tertiary/aromatic N) is 1. The van der Waals surface area contributed by atoms with Crippen LogP contribution in [0.4, 0.5) is 10.1 Å². The molecule has 4 aromatic carbocycles. The van der Waals surface area contributed by atoms with Crippen LogP contribution >= 0.6 is 23.2 Å². The van der Waals surface area contributed by atoms with Crippen LogP contribution in [0.1, 0.15) is 18.1 Å². The van der Waals surface area contributed by atoms with E-state index in [2.05, 4.69) is 10.0 Å². The second-order valence-corrected chi connectivity index (χ2v) is 12.0. The molecule has 2 amide bonds. The number of amides is 2. The Morgan fingerprint density at radius 1 is 0.907 bits per heavy atom. The molecule has 0 saturated heterocycles. The van der Waals surface area contributed by atoms with Gasteiger partial charge in [-0.1, -0.05) is 53.5 Å². The van der Waals surface area contributed by atoms with Crippen molar-refractivity contribution in [1.29, 1.82) is 0 Å². The predicted molar refractivity (Wildman–Crippen MR) is 164 cm³/mol. The van der Waals surface area contributed by atoms with E-state index >= 15 is 0 Å². The van der Waals surface area contributed by atoms with E-state index in [1.807, 2.05) is 6.07 Å². The van der Waals surface area contributed by atoms with Gasteiger partial charge in [0.1, 0.15) is 17.6 Å². The maximum absolute atomic E-state index is 13.4. The molecule has 0 bridgehead atoms. The number of carbonyl (C=O) groups excluding carboxylic acids is 2. The molecule has 8 nitrogen and oxygen atoms in total. The third kappa shape index (κ3) is 8.93. The first kappa shape index (κ1) is 31.8. The molecular weight excluding hydrogens is 616 g/mol. The maximum Gasteiger partial charge on any atom is 0.261 e. The normalized spacial score (nSPS) is 11.8. The fourth-order valence-corrected chi connectivity index (χ4v) is 5.40. The Hall–Kier alpha value is -4.12. The number of halogens is 3. The van der Waals surface area contributed by atoms with Gasteiger partial charge in [-0.25, -0.2) is 12.8 Å². The van der Waals surface area contributed by atoms with Gasteiger partial charge in [0, 0.05) is 28.8 Å². The van der Waals surface area contributed by atoms with Crippen molar-refractivity contribution in [3.63, 3.8) is 0 Å². The monoisotopic (exact) mass is 643 g/mol. The molecular formula is C31H28Cl2FN3O5S. The van der Waals surface area contributed by atoms with E-state index in [9.17, 15) is 22.4 Å². The van der Waals surface area contributed by atoms with Crippen LogP contribution in [0, 0.1) is 5.82 Å². The van der Waals surface area contributed by atoms with Crippen LogP contribution in [0.3, 0.4) is 0 Å². The van der Waals surface area contributed by atoms with E-state index in [4.69, 9.17) is 27.9 Å². The van der Waals surface area contributed by atoms with Crippen LogP contribution < -0.4 is 14.8 Å². The third-order valence-corrected chi connectivity index (χ3v) is 8.46. The number of anilines is 1. The number of rotatable bonds is 12. The van der Waals surface area contributed by atoms with Crippen LogP contribution in [0.2, 0.25) is 10.0 Å². The summed E-state index contributed by atoms with van der Waals surface area (Å²) in [5, 5.41) is 3.88. The van der Waals surface area contributed by atoms with Gasteiger partial charge in [-0.2, -0.15) is 0 Å². The molecule has 224 valence electrons. The maximum atomic E-state index is 13.4. The average molecular weight is 645 g/mol. The zero-order valence-corrected chi connectivity index (χ0v) is 25.3. The molecule has 0 fully saturated rings. The van der Waals surface area contributed by atoms with Crippen molar-refractivity contribution < 1.29 is 27.1 Å². The number of nitrogens with one attached hydrogen (secondary N) is 2. The molecule has 4 rings (SSSR count). The highest BCUT2D eigenvalue weighted by molar-refractivity contribution is 7.92. The summed E-state index contributed by atoms with van der Waals surface area (Å²) in [4.78, 5) is 27.8. The number of hydrogen-bond acceptors (Lipinski definition) is 5. The summed E-state index contributed by atoms with van der Waals surface area (Å²) in [5.74, 6) is -1.09. The second kappa shape index (κ2) is 14.4. The molecule has 0 radical (unpaired) electrons. The van der Waals surface area contributed by atoms with Gasteiger partial charge < -0.3 is 15.0 Å². The first-order chi connectivity index (χ1) is 20.5. The molecule has 43 heavy (non-hydrogen) atoms. The topological polar surface area (TPSA) is 105 Å². The lowest BCUT2D eigenvalue weighted by Gasteiger charge is -2.29. The summed E-state index contributed by atoms with van der Waals surface area (Å²) in [6, 6.07) is 23.6. The molecule has 4 aromatic rings. The SMILES string of the molecule is C[C@H](C(=O)NCc1ccccc1Cl)N(Cc1ccc(Cl)cc1)C(=O)COc1ccc(S(=O)(=O)Nc2ccc(F)cc2)cc1. The van der Waals surface area contributed by atoms with Gasteiger partial charge in [-0.05, 0) is 84.8 Å². The van der Waals surface area contributed by atoms with Crippen molar-refractivity contribution in [3.05, 3.63) is 124 Å². The predicted octanol–water partition coefficient (Wildman–Crippen LogP) is 6.05. The van der Waals surface area contributed by atoms with Gasteiger partial charge in [-0.3, -0.25) is 14.3 Å². The highest BCUT2D eigenvalue weighted by atomic mass is 35.5. The molecule has 0 aromatic heterocycles. The van der Waals surface area contributed by atoms with Gasteiger partial charge >= 0.3 is 0 Å². The minimum Gasteiger partial charge on any atom is -0.484 e. The average Bonchev–Trinajstić information content (AvgIpc) is 3.00. The van der Waals surface area contributed by atoms with Gasteiger partial charge in [0.25, 0.3) is 15.9 Å². The van der Waals surface area contributed by atoms with Crippen LogP contribution in [0.15, 0.2) is 102 Å². The number of ether oxygens (including phenoxy) is 1. The van der Waals surface area contributed by atoms with E-state index < -0.39 is 34.4 Å². The molecule has 12 heteroatoms. The van der Waals surface area contributed by atoms with Crippen LogP contribution in [0.5, 0.6) is 5.75 Å².